The SMILES string of the molecule is O=C(O)C(c1ccccc1)S(=O)CCF. The van der Waals surface area contributed by atoms with Crippen LogP contribution in [0.4, 0.5) is 4.39 Å². The third-order valence-corrected chi connectivity index (χ3v) is 3.42. The van der Waals surface area contributed by atoms with E-state index in [9.17, 15) is 13.4 Å². The normalized spacial score (nSPS) is 14.5. The Bertz CT molecular complexity index is 353. The minimum absolute atomic E-state index is 0.244. The van der Waals surface area contributed by atoms with Gasteiger partial charge in [0.05, 0.1) is 5.75 Å². The Morgan fingerprint density at radius 1 is 1.40 bits per heavy atom. The smallest absolute Gasteiger partial charge is 0.323 e. The van der Waals surface area contributed by atoms with E-state index in [-0.39, 0.29) is 5.75 Å². The molecule has 0 bridgehead atoms. The Kier molecular flexibility index (Phi) is 4.42. The first kappa shape index (κ1) is 11.8. The molecule has 2 unspecified atom stereocenters. The molecule has 0 aliphatic carbocycles. The largest absolute Gasteiger partial charge is 0.480 e. The van der Waals surface area contributed by atoms with Crippen LogP contribution in [0.25, 0.3) is 0 Å². The molecule has 0 radical (unpaired) electrons. The minimum atomic E-state index is -1.71. The van der Waals surface area contributed by atoms with Crippen molar-refractivity contribution in [3.05, 3.63) is 35.9 Å². The van der Waals surface area contributed by atoms with Crippen molar-refractivity contribution in [2.45, 2.75) is 5.25 Å². The summed E-state index contributed by atoms with van der Waals surface area (Å²) in [6.45, 7) is -0.775. The zero-order valence-corrected chi connectivity index (χ0v) is 8.74. The van der Waals surface area contributed by atoms with Crippen LogP contribution in [-0.4, -0.2) is 27.7 Å². The maximum Gasteiger partial charge on any atom is 0.323 e. The van der Waals surface area contributed by atoms with Crippen LogP contribution in [-0.2, 0) is 15.6 Å². The van der Waals surface area contributed by atoms with Crippen molar-refractivity contribution in [1.82, 2.24) is 0 Å². The molecule has 0 saturated heterocycles. The van der Waals surface area contributed by atoms with E-state index in [4.69, 9.17) is 5.11 Å². The standard InChI is InChI=1S/C10H11FO3S/c11-6-7-15(14)9(10(12)13)8-4-2-1-3-5-8/h1-5,9H,6-7H2,(H,12,13). The van der Waals surface area contributed by atoms with Crippen molar-refractivity contribution < 1.29 is 18.5 Å². The number of benzene rings is 1. The fourth-order valence-electron chi connectivity index (χ4n) is 1.23. The highest BCUT2D eigenvalue weighted by molar-refractivity contribution is 7.86. The van der Waals surface area contributed by atoms with Gasteiger partial charge in [-0.2, -0.15) is 0 Å². The number of rotatable bonds is 5. The van der Waals surface area contributed by atoms with Crippen molar-refractivity contribution in [2.75, 3.05) is 12.4 Å². The van der Waals surface area contributed by atoms with Crippen LogP contribution in [0.2, 0.25) is 0 Å². The highest BCUT2D eigenvalue weighted by atomic mass is 32.2. The zero-order valence-electron chi connectivity index (χ0n) is 7.93. The first-order valence-corrected chi connectivity index (χ1v) is 5.76. The second-order valence-electron chi connectivity index (χ2n) is 2.90. The summed E-state index contributed by atoms with van der Waals surface area (Å²) in [5, 5.41) is 7.77. The summed E-state index contributed by atoms with van der Waals surface area (Å²) in [5.74, 6) is -1.43. The van der Waals surface area contributed by atoms with Gasteiger partial charge in [-0.05, 0) is 5.56 Å². The van der Waals surface area contributed by atoms with E-state index >= 15 is 0 Å². The van der Waals surface area contributed by atoms with Crippen LogP contribution in [0.5, 0.6) is 0 Å². The fourth-order valence-corrected chi connectivity index (χ4v) is 2.30. The van der Waals surface area contributed by atoms with Gasteiger partial charge >= 0.3 is 5.97 Å². The lowest BCUT2D eigenvalue weighted by Crippen LogP contribution is -2.19. The molecule has 1 N–H and O–H groups in total. The molecular formula is C10H11FO3S. The van der Waals surface area contributed by atoms with Crippen molar-refractivity contribution in [3.63, 3.8) is 0 Å². The Balaban J connectivity index is 2.94. The quantitative estimate of drug-likeness (QED) is 0.834. The number of carbonyl (C=O) groups is 1. The van der Waals surface area contributed by atoms with Crippen LogP contribution in [0.1, 0.15) is 10.8 Å². The van der Waals surface area contributed by atoms with Crippen molar-refractivity contribution in [1.29, 1.82) is 0 Å². The van der Waals surface area contributed by atoms with Gasteiger partial charge < -0.3 is 5.11 Å². The van der Waals surface area contributed by atoms with E-state index in [1.54, 1.807) is 30.3 Å². The number of hydrogen-bond acceptors (Lipinski definition) is 2. The predicted octanol–water partition coefficient (Wildman–Crippen LogP) is 1.53. The Morgan fingerprint density at radius 3 is 2.47 bits per heavy atom. The van der Waals surface area contributed by atoms with E-state index in [1.807, 2.05) is 0 Å². The second-order valence-corrected chi connectivity index (χ2v) is 4.54. The van der Waals surface area contributed by atoms with E-state index in [1.165, 1.54) is 0 Å². The predicted molar refractivity (Wildman–Crippen MR) is 55.8 cm³/mol. The molecule has 0 amide bonds. The van der Waals surface area contributed by atoms with Crippen molar-refractivity contribution in [2.24, 2.45) is 0 Å². The lowest BCUT2D eigenvalue weighted by molar-refractivity contribution is -0.136. The number of aliphatic carboxylic acids is 1. The molecule has 0 heterocycles. The summed E-state index contributed by atoms with van der Waals surface area (Å²) in [6.07, 6.45) is 0. The van der Waals surface area contributed by atoms with Crippen LogP contribution in [0, 0.1) is 0 Å². The molecule has 2 atom stereocenters. The zero-order chi connectivity index (χ0) is 11.3. The van der Waals surface area contributed by atoms with Gasteiger partial charge in [-0.25, -0.2) is 0 Å². The second kappa shape index (κ2) is 5.60. The van der Waals surface area contributed by atoms with Crippen LogP contribution in [0.3, 0.4) is 0 Å². The van der Waals surface area contributed by atoms with Crippen LogP contribution >= 0.6 is 0 Å². The molecule has 0 aromatic heterocycles. The molecule has 3 nitrogen and oxygen atoms in total. The summed E-state index contributed by atoms with van der Waals surface area (Å²) < 4.78 is 23.5. The lowest BCUT2D eigenvalue weighted by atomic mass is 10.1. The average molecular weight is 230 g/mol. The molecule has 1 aromatic carbocycles. The molecule has 1 rings (SSSR count). The van der Waals surface area contributed by atoms with E-state index in [0.717, 1.165) is 0 Å². The lowest BCUT2D eigenvalue weighted by Gasteiger charge is -2.11. The van der Waals surface area contributed by atoms with Gasteiger partial charge in [0.1, 0.15) is 6.67 Å². The van der Waals surface area contributed by atoms with Gasteiger partial charge in [-0.1, -0.05) is 30.3 Å². The molecule has 82 valence electrons. The third kappa shape index (κ3) is 3.13. The number of halogens is 1. The summed E-state index contributed by atoms with van der Waals surface area (Å²) in [4.78, 5) is 10.9. The number of hydrogen-bond donors (Lipinski definition) is 1. The summed E-state index contributed by atoms with van der Waals surface area (Å²) >= 11 is 0. The highest BCUT2D eigenvalue weighted by Crippen LogP contribution is 2.20. The Hall–Kier alpha value is -1.23. The number of carboxylic acids is 1. The van der Waals surface area contributed by atoms with E-state index in [0.29, 0.717) is 5.56 Å². The molecular weight excluding hydrogens is 219 g/mol. The molecule has 15 heavy (non-hydrogen) atoms. The molecule has 0 fully saturated rings. The Morgan fingerprint density at radius 2 is 2.00 bits per heavy atom. The molecule has 0 aliphatic heterocycles. The van der Waals surface area contributed by atoms with Crippen molar-refractivity contribution >= 4 is 16.8 Å². The topological polar surface area (TPSA) is 54.4 Å². The average Bonchev–Trinajstić information content (AvgIpc) is 2.19. The Labute approximate surface area is 89.4 Å². The summed E-state index contributed by atoms with van der Waals surface area (Å²) in [6, 6.07) is 8.22. The van der Waals surface area contributed by atoms with Gasteiger partial charge in [0.2, 0.25) is 0 Å². The first-order valence-electron chi connectivity index (χ1n) is 4.37. The van der Waals surface area contributed by atoms with Gasteiger partial charge in [-0.15, -0.1) is 0 Å². The molecule has 0 spiro atoms. The summed E-state index contributed by atoms with van der Waals surface area (Å²) in [7, 11) is -1.71. The fraction of sp³-hybridized carbons (Fsp3) is 0.300. The summed E-state index contributed by atoms with van der Waals surface area (Å²) in [5.41, 5.74) is 0.441. The van der Waals surface area contributed by atoms with Gasteiger partial charge in [-0.3, -0.25) is 13.4 Å². The van der Waals surface area contributed by atoms with E-state index in [2.05, 4.69) is 0 Å². The third-order valence-electron chi connectivity index (χ3n) is 1.87. The molecule has 0 aliphatic rings. The monoisotopic (exact) mass is 230 g/mol. The maximum absolute atomic E-state index is 12.0. The molecule has 5 heteroatoms. The first-order chi connectivity index (χ1) is 7.16. The number of carboxylic acid groups (broad SMARTS) is 1. The maximum atomic E-state index is 12.0. The van der Waals surface area contributed by atoms with Gasteiger partial charge in [0.25, 0.3) is 0 Å². The van der Waals surface area contributed by atoms with Crippen molar-refractivity contribution in [3.8, 4) is 0 Å². The minimum Gasteiger partial charge on any atom is -0.480 e. The van der Waals surface area contributed by atoms with Crippen LogP contribution < -0.4 is 0 Å². The molecule has 1 aromatic rings. The van der Waals surface area contributed by atoms with E-state index < -0.39 is 28.7 Å². The van der Waals surface area contributed by atoms with Crippen LogP contribution in [0.15, 0.2) is 30.3 Å². The van der Waals surface area contributed by atoms with Gasteiger partial charge in [0, 0.05) is 10.8 Å². The number of alkyl halides is 1. The van der Waals surface area contributed by atoms with Gasteiger partial charge in [0.15, 0.2) is 5.25 Å². The molecule has 0 saturated carbocycles. The highest BCUT2D eigenvalue weighted by Gasteiger charge is 2.25.